The van der Waals surface area contributed by atoms with E-state index in [1.54, 1.807) is 12.1 Å². The molecule has 5 nitrogen and oxygen atoms in total. The van der Waals surface area contributed by atoms with Gasteiger partial charge in [0, 0.05) is 5.69 Å². The molecule has 0 saturated carbocycles. The van der Waals surface area contributed by atoms with Crippen LogP contribution < -0.4 is 15.9 Å². The number of carbonyl (C=O) groups excluding carboxylic acids is 1. The minimum atomic E-state index is -0.307. The number of hydrogen-bond donors (Lipinski definition) is 2. The molecule has 0 fully saturated rings. The molecule has 0 unspecified atom stereocenters. The number of anilines is 1. The predicted molar refractivity (Wildman–Crippen MR) is 92.6 cm³/mol. The van der Waals surface area contributed by atoms with Crippen LogP contribution in [0.1, 0.15) is 23.6 Å². The van der Waals surface area contributed by atoms with E-state index in [9.17, 15) is 4.79 Å². The summed E-state index contributed by atoms with van der Waals surface area (Å²) in [5, 5.41) is 4.07. The fourth-order valence-corrected chi connectivity index (χ4v) is 2.13. The molecule has 2 aromatic rings. The van der Waals surface area contributed by atoms with Crippen LogP contribution in [0.5, 0.6) is 5.75 Å². The van der Waals surface area contributed by atoms with Crippen LogP contribution in [0.15, 0.2) is 47.6 Å². The Kier molecular flexibility index (Phi) is 5.36. The lowest BCUT2D eigenvalue weighted by Gasteiger charge is -2.08. The zero-order valence-corrected chi connectivity index (χ0v) is 13.6. The number of aryl methyl sites for hydroxylation is 2. The third-order valence-corrected chi connectivity index (χ3v) is 3.24. The Morgan fingerprint density at radius 1 is 1.13 bits per heavy atom. The molecule has 2 aromatic carbocycles. The summed E-state index contributed by atoms with van der Waals surface area (Å²) >= 11 is 0. The summed E-state index contributed by atoms with van der Waals surface area (Å²) in [6.07, 6.45) is 0. The lowest BCUT2D eigenvalue weighted by molar-refractivity contribution is -0.123. The number of amides is 1. The molecule has 0 aromatic heterocycles. The van der Waals surface area contributed by atoms with Crippen molar-refractivity contribution in [3.63, 3.8) is 0 Å². The third-order valence-electron chi connectivity index (χ3n) is 3.24. The summed E-state index contributed by atoms with van der Waals surface area (Å²) in [6.45, 7) is 5.71. The zero-order valence-electron chi connectivity index (χ0n) is 13.6. The summed E-state index contributed by atoms with van der Waals surface area (Å²) < 4.78 is 5.49. The Morgan fingerprint density at radius 3 is 2.35 bits per heavy atom. The molecule has 0 aliphatic carbocycles. The molecule has 0 radical (unpaired) electrons. The minimum absolute atomic E-state index is 0.0819. The number of nitrogens with two attached hydrogens (primary N) is 1. The van der Waals surface area contributed by atoms with Crippen molar-refractivity contribution in [2.75, 3.05) is 12.3 Å². The van der Waals surface area contributed by atoms with E-state index in [1.807, 2.05) is 51.1 Å². The Hall–Kier alpha value is -2.82. The average molecular weight is 311 g/mol. The van der Waals surface area contributed by atoms with Crippen molar-refractivity contribution in [3.8, 4) is 5.75 Å². The molecular formula is C18H21N3O2. The van der Waals surface area contributed by atoms with Crippen molar-refractivity contribution < 1.29 is 9.53 Å². The van der Waals surface area contributed by atoms with E-state index in [-0.39, 0.29) is 12.5 Å². The fourth-order valence-electron chi connectivity index (χ4n) is 2.13. The van der Waals surface area contributed by atoms with E-state index in [0.29, 0.717) is 17.1 Å². The normalized spacial score (nSPS) is 11.2. The second-order valence-corrected chi connectivity index (χ2v) is 5.47. The molecule has 2 rings (SSSR count). The van der Waals surface area contributed by atoms with Gasteiger partial charge in [0.15, 0.2) is 6.61 Å². The maximum atomic E-state index is 11.8. The van der Waals surface area contributed by atoms with E-state index >= 15 is 0 Å². The predicted octanol–water partition coefficient (Wildman–Crippen LogP) is 2.80. The van der Waals surface area contributed by atoms with E-state index in [2.05, 4.69) is 10.5 Å². The second kappa shape index (κ2) is 7.45. The molecule has 0 atom stereocenters. The first-order valence-corrected chi connectivity index (χ1v) is 7.34. The smallest absolute Gasteiger partial charge is 0.277 e. The minimum Gasteiger partial charge on any atom is -0.484 e. The maximum Gasteiger partial charge on any atom is 0.277 e. The summed E-state index contributed by atoms with van der Waals surface area (Å²) in [5.74, 6) is 0.371. The van der Waals surface area contributed by atoms with Gasteiger partial charge in [-0.3, -0.25) is 4.79 Å². The molecule has 1 amide bonds. The van der Waals surface area contributed by atoms with Crippen molar-refractivity contribution in [1.29, 1.82) is 0 Å². The summed E-state index contributed by atoms with van der Waals surface area (Å²) in [6, 6.07) is 13.1. The van der Waals surface area contributed by atoms with Crippen molar-refractivity contribution in [3.05, 3.63) is 59.2 Å². The highest BCUT2D eigenvalue weighted by Gasteiger charge is 2.04. The lowest BCUT2D eigenvalue weighted by Crippen LogP contribution is -2.25. The van der Waals surface area contributed by atoms with Gasteiger partial charge in [-0.25, -0.2) is 5.43 Å². The summed E-state index contributed by atoms with van der Waals surface area (Å²) in [5.41, 5.74) is 12.6. The molecule has 0 aliphatic heterocycles. The SMILES string of the molecule is C/C(=N\NC(=O)COc1cc(C)cc(C)c1)c1ccc(N)cc1. The topological polar surface area (TPSA) is 76.7 Å². The number of hydrogen-bond acceptors (Lipinski definition) is 4. The van der Waals surface area contributed by atoms with E-state index in [4.69, 9.17) is 10.5 Å². The van der Waals surface area contributed by atoms with E-state index < -0.39 is 0 Å². The molecular weight excluding hydrogens is 290 g/mol. The van der Waals surface area contributed by atoms with Gasteiger partial charge in [0.05, 0.1) is 5.71 Å². The quantitative estimate of drug-likeness (QED) is 0.506. The Morgan fingerprint density at radius 2 is 1.74 bits per heavy atom. The van der Waals surface area contributed by atoms with Crippen LogP contribution in [0.3, 0.4) is 0 Å². The number of nitrogen functional groups attached to an aromatic ring is 1. The molecule has 5 heteroatoms. The van der Waals surface area contributed by atoms with E-state index in [0.717, 1.165) is 16.7 Å². The van der Waals surface area contributed by atoms with Crippen LogP contribution in [0.4, 0.5) is 5.69 Å². The highest BCUT2D eigenvalue weighted by molar-refractivity contribution is 5.99. The van der Waals surface area contributed by atoms with Gasteiger partial charge >= 0.3 is 0 Å². The summed E-state index contributed by atoms with van der Waals surface area (Å²) in [4.78, 5) is 11.8. The molecule has 0 heterocycles. The van der Waals surface area contributed by atoms with Gasteiger partial charge in [-0.15, -0.1) is 0 Å². The summed E-state index contributed by atoms with van der Waals surface area (Å²) in [7, 11) is 0. The van der Waals surface area contributed by atoms with Crippen molar-refractivity contribution >= 4 is 17.3 Å². The van der Waals surface area contributed by atoms with Gasteiger partial charge in [-0.2, -0.15) is 5.10 Å². The van der Waals surface area contributed by atoms with Gasteiger partial charge in [0.2, 0.25) is 0 Å². The monoisotopic (exact) mass is 311 g/mol. The Labute approximate surface area is 136 Å². The molecule has 0 saturated heterocycles. The maximum absolute atomic E-state index is 11.8. The Bertz CT molecular complexity index is 701. The molecule has 0 aliphatic rings. The number of rotatable bonds is 5. The highest BCUT2D eigenvalue weighted by Crippen LogP contribution is 2.15. The number of benzene rings is 2. The molecule has 3 N–H and O–H groups in total. The van der Waals surface area contributed by atoms with Crippen LogP contribution in [-0.2, 0) is 4.79 Å². The van der Waals surface area contributed by atoms with Crippen LogP contribution in [0.25, 0.3) is 0 Å². The van der Waals surface area contributed by atoms with Crippen LogP contribution in [0, 0.1) is 13.8 Å². The van der Waals surface area contributed by atoms with E-state index in [1.165, 1.54) is 0 Å². The number of carbonyl (C=O) groups is 1. The second-order valence-electron chi connectivity index (χ2n) is 5.47. The van der Waals surface area contributed by atoms with Gasteiger partial charge in [0.25, 0.3) is 5.91 Å². The largest absolute Gasteiger partial charge is 0.484 e. The first-order chi connectivity index (χ1) is 10.9. The molecule has 23 heavy (non-hydrogen) atoms. The van der Waals surface area contributed by atoms with Gasteiger partial charge in [0.1, 0.15) is 5.75 Å². The fraction of sp³-hybridized carbons (Fsp3) is 0.222. The molecule has 0 spiro atoms. The van der Waals surface area contributed by atoms with Crippen LogP contribution in [0.2, 0.25) is 0 Å². The number of nitrogens with zero attached hydrogens (tertiary/aromatic N) is 1. The molecule has 120 valence electrons. The zero-order chi connectivity index (χ0) is 16.8. The molecule has 0 bridgehead atoms. The first kappa shape index (κ1) is 16.5. The van der Waals surface area contributed by atoms with Gasteiger partial charge in [-0.05, 0) is 61.7 Å². The third kappa shape index (κ3) is 5.14. The average Bonchev–Trinajstić information content (AvgIpc) is 2.50. The number of ether oxygens (including phenoxy) is 1. The lowest BCUT2D eigenvalue weighted by atomic mass is 10.1. The van der Waals surface area contributed by atoms with Gasteiger partial charge in [-0.1, -0.05) is 18.2 Å². The van der Waals surface area contributed by atoms with Gasteiger partial charge < -0.3 is 10.5 Å². The Balaban J connectivity index is 1.89. The van der Waals surface area contributed by atoms with Crippen LogP contribution >= 0.6 is 0 Å². The number of nitrogens with one attached hydrogen (secondary N) is 1. The van der Waals surface area contributed by atoms with Crippen molar-refractivity contribution in [2.24, 2.45) is 5.10 Å². The van der Waals surface area contributed by atoms with Crippen LogP contribution in [-0.4, -0.2) is 18.2 Å². The van der Waals surface area contributed by atoms with Crippen molar-refractivity contribution in [1.82, 2.24) is 5.43 Å². The highest BCUT2D eigenvalue weighted by atomic mass is 16.5. The van der Waals surface area contributed by atoms with Crippen molar-refractivity contribution in [2.45, 2.75) is 20.8 Å². The standard InChI is InChI=1S/C18H21N3O2/c1-12-8-13(2)10-17(9-12)23-11-18(22)21-20-14(3)15-4-6-16(19)7-5-15/h4-10H,11,19H2,1-3H3,(H,21,22)/b20-14+. The first-order valence-electron chi connectivity index (χ1n) is 7.34. The number of hydrazone groups is 1.